The summed E-state index contributed by atoms with van der Waals surface area (Å²) in [5.74, 6) is -0.276. The largest absolute Gasteiger partial charge is 0.416 e. The van der Waals surface area contributed by atoms with Crippen molar-refractivity contribution in [2.24, 2.45) is 0 Å². The number of nitrogens with zero attached hydrogens (tertiary/aromatic N) is 3. The summed E-state index contributed by atoms with van der Waals surface area (Å²) in [4.78, 5) is 18.6. The summed E-state index contributed by atoms with van der Waals surface area (Å²) >= 11 is 0. The molecule has 2 heterocycles. The number of rotatable bonds is 4. The maximum atomic E-state index is 13.2. The number of likely N-dealkylation sites (N-methyl/N-ethyl adjacent to an activating group) is 2. The van der Waals surface area contributed by atoms with Gasteiger partial charge in [-0.25, -0.2) is 0 Å². The lowest BCUT2D eigenvalue weighted by molar-refractivity contribution is -0.137. The molecule has 0 saturated carbocycles. The van der Waals surface area contributed by atoms with Crippen molar-refractivity contribution in [3.05, 3.63) is 29.3 Å². The first kappa shape index (κ1) is 19.9. The van der Waals surface area contributed by atoms with Gasteiger partial charge in [-0.1, -0.05) is 0 Å². The van der Waals surface area contributed by atoms with Gasteiger partial charge < -0.3 is 19.4 Å². The lowest BCUT2D eigenvalue weighted by atomic mass is 10.1. The van der Waals surface area contributed by atoms with E-state index in [-0.39, 0.29) is 12.0 Å². The van der Waals surface area contributed by atoms with Crippen LogP contribution in [0, 0.1) is 0 Å². The molecule has 0 spiro atoms. The number of anilines is 1. The Morgan fingerprint density at radius 1 is 1.26 bits per heavy atom. The molecule has 0 radical (unpaired) electrons. The molecule has 2 aliphatic heterocycles. The summed E-state index contributed by atoms with van der Waals surface area (Å²) < 4.78 is 45.2. The minimum atomic E-state index is -4.43. The Bertz CT molecular complexity index is 675. The van der Waals surface area contributed by atoms with E-state index < -0.39 is 11.7 Å². The average molecular weight is 385 g/mol. The Hall–Kier alpha value is -1.80. The predicted molar refractivity (Wildman–Crippen MR) is 97.1 cm³/mol. The van der Waals surface area contributed by atoms with Crippen LogP contribution in [0.3, 0.4) is 0 Å². The summed E-state index contributed by atoms with van der Waals surface area (Å²) in [5.41, 5.74) is -0.0294. The zero-order valence-corrected chi connectivity index (χ0v) is 15.8. The third-order valence-electron chi connectivity index (χ3n) is 5.17. The first-order chi connectivity index (χ1) is 12.8. The molecule has 0 N–H and O–H groups in total. The molecule has 1 atom stereocenters. The number of alkyl halides is 3. The highest BCUT2D eigenvalue weighted by Crippen LogP contribution is 2.35. The number of ether oxygens (including phenoxy) is 1. The van der Waals surface area contributed by atoms with Gasteiger partial charge in [-0.2, -0.15) is 13.2 Å². The number of hydrogen-bond acceptors (Lipinski definition) is 4. The van der Waals surface area contributed by atoms with E-state index in [2.05, 4.69) is 4.90 Å². The van der Waals surface area contributed by atoms with Crippen LogP contribution in [0.1, 0.15) is 28.8 Å². The minimum Gasteiger partial charge on any atom is -0.374 e. The van der Waals surface area contributed by atoms with Gasteiger partial charge in [0.2, 0.25) is 0 Å². The number of hydrogen-bond donors (Lipinski definition) is 0. The minimum absolute atomic E-state index is 0.0950. The smallest absolute Gasteiger partial charge is 0.374 e. The van der Waals surface area contributed by atoms with E-state index in [1.165, 1.54) is 6.07 Å². The first-order valence-corrected chi connectivity index (χ1v) is 9.27. The monoisotopic (exact) mass is 385 g/mol. The summed E-state index contributed by atoms with van der Waals surface area (Å²) in [6, 6.07) is 3.41. The Kier molecular flexibility index (Phi) is 5.95. The van der Waals surface area contributed by atoms with Gasteiger partial charge in [-0.3, -0.25) is 4.79 Å². The maximum Gasteiger partial charge on any atom is 0.416 e. The molecule has 27 heavy (non-hydrogen) atoms. The third-order valence-corrected chi connectivity index (χ3v) is 5.17. The highest BCUT2D eigenvalue weighted by molar-refractivity contribution is 6.00. The highest BCUT2D eigenvalue weighted by Gasteiger charge is 2.33. The van der Waals surface area contributed by atoms with Gasteiger partial charge in [0.05, 0.1) is 29.5 Å². The second kappa shape index (κ2) is 8.06. The molecule has 8 heteroatoms. The van der Waals surface area contributed by atoms with Crippen LogP contribution in [-0.4, -0.2) is 75.2 Å². The van der Waals surface area contributed by atoms with Crippen LogP contribution in [0.25, 0.3) is 0 Å². The predicted octanol–water partition coefficient (Wildman–Crippen LogP) is 2.71. The van der Waals surface area contributed by atoms with Gasteiger partial charge in [-0.05, 0) is 38.1 Å². The highest BCUT2D eigenvalue weighted by atomic mass is 19.4. The molecule has 5 nitrogen and oxygen atoms in total. The van der Waals surface area contributed by atoms with Crippen LogP contribution < -0.4 is 4.90 Å². The van der Waals surface area contributed by atoms with Crippen molar-refractivity contribution in [3.8, 4) is 0 Å². The Labute approximate surface area is 157 Å². The Balaban J connectivity index is 1.82. The van der Waals surface area contributed by atoms with Crippen LogP contribution in [0.4, 0.5) is 18.9 Å². The van der Waals surface area contributed by atoms with E-state index in [1.807, 2.05) is 11.9 Å². The van der Waals surface area contributed by atoms with Crippen molar-refractivity contribution in [1.82, 2.24) is 9.80 Å². The fourth-order valence-corrected chi connectivity index (χ4v) is 3.68. The lowest BCUT2D eigenvalue weighted by Crippen LogP contribution is -2.46. The van der Waals surface area contributed by atoms with E-state index in [0.29, 0.717) is 37.5 Å². The molecule has 1 amide bonds. The number of carbonyl (C=O) groups excluding carboxylic acids is 1. The van der Waals surface area contributed by atoms with Crippen molar-refractivity contribution in [1.29, 1.82) is 0 Å². The molecule has 0 bridgehead atoms. The SMILES string of the molecule is CN1CCOC(CN(C)C(=O)c2ccc(C(F)(F)F)cc2N2CCCC2)C1. The van der Waals surface area contributed by atoms with E-state index in [4.69, 9.17) is 4.74 Å². The van der Waals surface area contributed by atoms with Gasteiger partial charge in [0, 0.05) is 39.8 Å². The van der Waals surface area contributed by atoms with Crippen LogP contribution in [-0.2, 0) is 10.9 Å². The molecule has 150 valence electrons. The zero-order valence-electron chi connectivity index (χ0n) is 15.8. The third kappa shape index (κ3) is 4.73. The van der Waals surface area contributed by atoms with Crippen LogP contribution in [0.15, 0.2) is 18.2 Å². The zero-order chi connectivity index (χ0) is 19.6. The second-order valence-electron chi connectivity index (χ2n) is 7.36. The molecule has 2 fully saturated rings. The standard InChI is InChI=1S/C19H26F3N3O2/c1-23-9-10-27-15(12-23)13-24(2)18(26)16-6-5-14(19(20,21)22)11-17(16)25-7-3-4-8-25/h5-6,11,15H,3-4,7-10,12-13H2,1-2H3. The summed E-state index contributed by atoms with van der Waals surface area (Å²) in [6.45, 7) is 3.94. The topological polar surface area (TPSA) is 36.0 Å². The van der Waals surface area contributed by atoms with Crippen molar-refractivity contribution in [2.45, 2.75) is 25.1 Å². The van der Waals surface area contributed by atoms with Crippen LogP contribution >= 0.6 is 0 Å². The summed E-state index contributed by atoms with van der Waals surface area (Å²) in [7, 11) is 3.67. The Morgan fingerprint density at radius 2 is 1.96 bits per heavy atom. The quantitative estimate of drug-likeness (QED) is 0.799. The molecule has 2 aliphatic rings. The molecule has 0 aliphatic carbocycles. The van der Waals surface area contributed by atoms with Crippen molar-refractivity contribution in [2.75, 3.05) is 58.3 Å². The van der Waals surface area contributed by atoms with Crippen molar-refractivity contribution >= 4 is 11.6 Å². The van der Waals surface area contributed by atoms with E-state index in [9.17, 15) is 18.0 Å². The van der Waals surface area contributed by atoms with Gasteiger partial charge in [0.15, 0.2) is 0 Å². The van der Waals surface area contributed by atoms with E-state index in [1.54, 1.807) is 11.9 Å². The molecular weight excluding hydrogens is 359 g/mol. The van der Waals surface area contributed by atoms with Crippen LogP contribution in [0.2, 0.25) is 0 Å². The number of morpholine rings is 1. The summed E-state index contributed by atoms with van der Waals surface area (Å²) in [6.07, 6.45) is -2.69. The average Bonchev–Trinajstić information content (AvgIpc) is 3.14. The van der Waals surface area contributed by atoms with Crippen molar-refractivity contribution in [3.63, 3.8) is 0 Å². The van der Waals surface area contributed by atoms with E-state index >= 15 is 0 Å². The normalized spacial score (nSPS) is 21.5. The van der Waals surface area contributed by atoms with Gasteiger partial charge in [0.25, 0.3) is 5.91 Å². The van der Waals surface area contributed by atoms with Gasteiger partial charge >= 0.3 is 6.18 Å². The van der Waals surface area contributed by atoms with Gasteiger partial charge in [0.1, 0.15) is 0 Å². The lowest BCUT2D eigenvalue weighted by Gasteiger charge is -2.33. The second-order valence-corrected chi connectivity index (χ2v) is 7.36. The number of benzene rings is 1. The Morgan fingerprint density at radius 3 is 2.59 bits per heavy atom. The number of halogens is 3. The molecule has 2 saturated heterocycles. The van der Waals surface area contributed by atoms with Gasteiger partial charge in [-0.15, -0.1) is 0 Å². The molecule has 1 aromatic carbocycles. The first-order valence-electron chi connectivity index (χ1n) is 9.27. The van der Waals surface area contributed by atoms with Crippen molar-refractivity contribution < 1.29 is 22.7 Å². The van der Waals surface area contributed by atoms with E-state index in [0.717, 1.165) is 38.1 Å². The molecule has 1 aromatic rings. The molecule has 0 aromatic heterocycles. The number of carbonyl (C=O) groups is 1. The molecular formula is C19H26F3N3O2. The van der Waals surface area contributed by atoms with Crippen LogP contribution in [0.5, 0.6) is 0 Å². The fourth-order valence-electron chi connectivity index (χ4n) is 3.68. The fraction of sp³-hybridized carbons (Fsp3) is 0.632. The number of amides is 1. The molecule has 1 unspecified atom stereocenters. The molecule has 3 rings (SSSR count). The summed E-state index contributed by atoms with van der Waals surface area (Å²) in [5, 5.41) is 0. The maximum absolute atomic E-state index is 13.2.